The number of benzene rings is 2. The summed E-state index contributed by atoms with van der Waals surface area (Å²) >= 11 is 1.96. The molecule has 2 rings (SSSR count). The van der Waals surface area contributed by atoms with Crippen molar-refractivity contribution in [3.8, 4) is 0 Å². The number of hydrogen-bond acceptors (Lipinski definition) is 1. The molecular weight excluding hydrogens is 334 g/mol. The van der Waals surface area contributed by atoms with Gasteiger partial charge in [-0.25, -0.2) is 0 Å². The van der Waals surface area contributed by atoms with Crippen molar-refractivity contribution in [1.29, 1.82) is 0 Å². The van der Waals surface area contributed by atoms with Crippen molar-refractivity contribution in [2.45, 2.75) is 11.5 Å². The maximum absolute atomic E-state index is 2.18. The third kappa shape index (κ3) is 9.69. The molecule has 0 aliphatic heterocycles. The van der Waals surface area contributed by atoms with Crippen molar-refractivity contribution < 1.29 is 37.2 Å². The Morgan fingerprint density at radius 3 is 1.21 bits per heavy atom. The molecule has 0 heterocycles. The van der Waals surface area contributed by atoms with Crippen molar-refractivity contribution in [3.05, 3.63) is 71.8 Å². The van der Waals surface area contributed by atoms with Gasteiger partial charge in [0, 0.05) is 11.5 Å². The molecule has 0 fully saturated rings. The van der Waals surface area contributed by atoms with Crippen molar-refractivity contribution in [1.82, 2.24) is 0 Å². The molecule has 0 saturated carbocycles. The SMILES string of the molecule is [Al+3].[Cl-].[Cl-].[Cl-].c1ccc(CSCc2ccccc2)cc1. The van der Waals surface area contributed by atoms with Gasteiger partial charge in [0.25, 0.3) is 0 Å². The van der Waals surface area contributed by atoms with Crippen LogP contribution in [0.25, 0.3) is 0 Å². The van der Waals surface area contributed by atoms with Crippen LogP contribution in [0, 0.1) is 0 Å². The van der Waals surface area contributed by atoms with E-state index in [-0.39, 0.29) is 54.6 Å². The van der Waals surface area contributed by atoms with Crippen molar-refractivity contribution in [2.75, 3.05) is 0 Å². The topological polar surface area (TPSA) is 0 Å². The third-order valence-corrected chi connectivity index (χ3v) is 3.30. The first-order valence-electron chi connectivity index (χ1n) is 5.11. The Hall–Kier alpha value is 0.192. The van der Waals surface area contributed by atoms with E-state index in [9.17, 15) is 0 Å². The van der Waals surface area contributed by atoms with Crippen LogP contribution < -0.4 is 37.2 Å². The first kappa shape index (κ1) is 24.2. The smallest absolute Gasteiger partial charge is 1.00 e. The van der Waals surface area contributed by atoms with Gasteiger partial charge in [0.1, 0.15) is 0 Å². The van der Waals surface area contributed by atoms with Crippen LogP contribution in [0.2, 0.25) is 0 Å². The summed E-state index contributed by atoms with van der Waals surface area (Å²) in [5.41, 5.74) is 2.80. The largest absolute Gasteiger partial charge is 3.00 e. The van der Waals surface area contributed by atoms with Gasteiger partial charge in [-0.1, -0.05) is 60.7 Å². The van der Waals surface area contributed by atoms with E-state index in [0.717, 1.165) is 11.5 Å². The van der Waals surface area contributed by atoms with Crippen LogP contribution in [0.4, 0.5) is 0 Å². The van der Waals surface area contributed by atoms with Gasteiger partial charge in [-0.2, -0.15) is 11.8 Å². The Balaban J connectivity index is -0.000000640. The average molecular weight is 348 g/mol. The van der Waals surface area contributed by atoms with Gasteiger partial charge >= 0.3 is 17.4 Å². The molecule has 100 valence electrons. The van der Waals surface area contributed by atoms with Gasteiger partial charge < -0.3 is 37.2 Å². The summed E-state index contributed by atoms with van der Waals surface area (Å²) in [6.07, 6.45) is 0. The van der Waals surface area contributed by atoms with Crippen molar-refractivity contribution in [3.63, 3.8) is 0 Å². The molecule has 0 N–H and O–H groups in total. The van der Waals surface area contributed by atoms with Gasteiger partial charge in [0.2, 0.25) is 0 Å². The molecule has 2 aromatic rings. The molecule has 0 saturated heterocycles. The summed E-state index contributed by atoms with van der Waals surface area (Å²) in [6.45, 7) is 0. The predicted molar refractivity (Wildman–Crippen MR) is 73.6 cm³/mol. The summed E-state index contributed by atoms with van der Waals surface area (Å²) in [5, 5.41) is 0. The predicted octanol–water partition coefficient (Wildman–Crippen LogP) is -5.25. The second-order valence-corrected chi connectivity index (χ2v) is 4.45. The van der Waals surface area contributed by atoms with Crippen LogP contribution in [0.3, 0.4) is 0 Å². The molecule has 0 bridgehead atoms. The molecule has 5 heteroatoms. The minimum atomic E-state index is 0. The molecule has 0 aliphatic rings. The molecule has 0 aliphatic carbocycles. The van der Waals surface area contributed by atoms with Gasteiger partial charge in [-0.3, -0.25) is 0 Å². The summed E-state index contributed by atoms with van der Waals surface area (Å²) in [5.74, 6) is 2.19. The van der Waals surface area contributed by atoms with Crippen LogP contribution in [-0.2, 0) is 11.5 Å². The summed E-state index contributed by atoms with van der Waals surface area (Å²) < 4.78 is 0. The number of halogens is 3. The normalized spacial score (nSPS) is 8.00. The zero-order chi connectivity index (χ0) is 10.3. The fraction of sp³-hybridized carbons (Fsp3) is 0.143. The van der Waals surface area contributed by atoms with E-state index in [1.54, 1.807) is 0 Å². The summed E-state index contributed by atoms with van der Waals surface area (Å²) in [4.78, 5) is 0. The van der Waals surface area contributed by atoms with E-state index in [1.807, 2.05) is 11.8 Å². The minimum absolute atomic E-state index is 0. The maximum atomic E-state index is 2.18. The van der Waals surface area contributed by atoms with Crippen LogP contribution in [0.15, 0.2) is 60.7 Å². The zero-order valence-electron chi connectivity index (χ0n) is 10.3. The fourth-order valence-electron chi connectivity index (χ4n) is 1.44. The molecular formula is C14H14AlCl3S. The van der Waals surface area contributed by atoms with E-state index in [1.165, 1.54) is 11.1 Å². The monoisotopic (exact) mass is 346 g/mol. The van der Waals surface area contributed by atoms with E-state index in [4.69, 9.17) is 0 Å². The molecule has 0 amide bonds. The minimum Gasteiger partial charge on any atom is -1.00 e. The number of rotatable bonds is 4. The summed E-state index contributed by atoms with van der Waals surface area (Å²) in [7, 11) is 0. The Kier molecular flexibility index (Phi) is 18.6. The Bertz CT molecular complexity index is 358. The molecule has 0 aromatic heterocycles. The van der Waals surface area contributed by atoms with E-state index in [0.29, 0.717) is 0 Å². The Morgan fingerprint density at radius 2 is 0.895 bits per heavy atom. The molecule has 0 nitrogen and oxygen atoms in total. The fourth-order valence-corrected chi connectivity index (χ4v) is 2.39. The average Bonchev–Trinajstić information content (AvgIpc) is 2.32. The molecule has 2 aromatic carbocycles. The maximum Gasteiger partial charge on any atom is 3.00 e. The van der Waals surface area contributed by atoms with Gasteiger partial charge in [-0.05, 0) is 11.1 Å². The van der Waals surface area contributed by atoms with Crippen molar-refractivity contribution >= 4 is 29.1 Å². The quantitative estimate of drug-likeness (QED) is 0.498. The second kappa shape index (κ2) is 14.6. The van der Waals surface area contributed by atoms with Crippen molar-refractivity contribution in [2.24, 2.45) is 0 Å². The zero-order valence-corrected chi connectivity index (χ0v) is 14.5. The molecule has 19 heavy (non-hydrogen) atoms. The van der Waals surface area contributed by atoms with Crippen LogP contribution in [0.5, 0.6) is 0 Å². The van der Waals surface area contributed by atoms with Gasteiger partial charge in [0.15, 0.2) is 0 Å². The Morgan fingerprint density at radius 1 is 0.579 bits per heavy atom. The van der Waals surface area contributed by atoms with E-state index >= 15 is 0 Å². The molecule has 0 unspecified atom stereocenters. The van der Waals surface area contributed by atoms with E-state index < -0.39 is 0 Å². The van der Waals surface area contributed by atoms with Gasteiger partial charge in [0.05, 0.1) is 0 Å². The molecule has 0 radical (unpaired) electrons. The first-order valence-corrected chi connectivity index (χ1v) is 6.26. The molecule has 0 atom stereocenters. The standard InChI is InChI=1S/C14H14S.Al.3ClH/c1-3-7-13(8-4-1)11-15-12-14-9-5-2-6-10-14;;;;/h1-10H,11-12H2;;3*1H/q;+3;;;/p-3. The van der Waals surface area contributed by atoms with Crippen LogP contribution in [0.1, 0.15) is 11.1 Å². The van der Waals surface area contributed by atoms with Gasteiger partial charge in [-0.15, -0.1) is 0 Å². The molecule has 0 spiro atoms. The van der Waals surface area contributed by atoms with E-state index in [2.05, 4.69) is 60.7 Å². The summed E-state index contributed by atoms with van der Waals surface area (Å²) in [6, 6.07) is 21.2. The third-order valence-electron chi connectivity index (χ3n) is 2.22. The number of hydrogen-bond donors (Lipinski definition) is 0. The Labute approximate surface area is 149 Å². The van der Waals surface area contributed by atoms with Crippen LogP contribution >= 0.6 is 11.8 Å². The number of thioether (sulfide) groups is 1. The van der Waals surface area contributed by atoms with Crippen LogP contribution in [-0.4, -0.2) is 17.4 Å². The second-order valence-electron chi connectivity index (χ2n) is 3.46. The first-order chi connectivity index (χ1) is 7.45.